The number of carbonyl (C=O) groups excluding carboxylic acids is 1. The molecule has 0 aromatic heterocycles. The summed E-state index contributed by atoms with van der Waals surface area (Å²) in [4.78, 5) is 19.1. The summed E-state index contributed by atoms with van der Waals surface area (Å²) in [6.45, 7) is 2.78. The third-order valence-corrected chi connectivity index (χ3v) is 4.96. The number of hydrogen-bond donors (Lipinski definition) is 0. The third-order valence-electron chi connectivity index (χ3n) is 3.91. The van der Waals surface area contributed by atoms with Gasteiger partial charge in [-0.1, -0.05) is 0 Å². The molecule has 1 aromatic carbocycles. The minimum absolute atomic E-state index is 0.247. The van der Waals surface area contributed by atoms with Gasteiger partial charge in [0.1, 0.15) is 0 Å². The Balaban J connectivity index is 1.87. The number of ether oxygens (including phenoxy) is 4. The zero-order valence-corrected chi connectivity index (χ0v) is 15.2. The van der Waals surface area contributed by atoms with Gasteiger partial charge in [0.05, 0.1) is 39.4 Å². The van der Waals surface area contributed by atoms with Crippen molar-refractivity contribution < 1.29 is 23.7 Å². The van der Waals surface area contributed by atoms with Crippen LogP contribution in [0.3, 0.4) is 0 Å². The molecule has 0 radical (unpaired) electrons. The van der Waals surface area contributed by atoms with Crippen molar-refractivity contribution in [1.82, 2.24) is 4.90 Å². The van der Waals surface area contributed by atoms with E-state index in [4.69, 9.17) is 18.9 Å². The Morgan fingerprint density at radius 3 is 2.48 bits per heavy atom. The molecule has 134 valence electrons. The topological polar surface area (TPSA) is 69.6 Å². The molecule has 8 heteroatoms. The first-order valence-corrected chi connectivity index (χ1v) is 8.63. The first-order chi connectivity index (χ1) is 12.2. The molecule has 1 amide bonds. The van der Waals surface area contributed by atoms with E-state index in [0.29, 0.717) is 35.4 Å². The Morgan fingerprint density at radius 2 is 1.84 bits per heavy atom. The SMILES string of the molecule is COc1ccc(/C=C2\SC(N3CCOCC3)=NC2=O)c(OC)c1OC. The van der Waals surface area contributed by atoms with Gasteiger partial charge >= 0.3 is 0 Å². The fraction of sp³-hybridized carbons (Fsp3) is 0.412. The second-order valence-electron chi connectivity index (χ2n) is 5.33. The second-order valence-corrected chi connectivity index (χ2v) is 6.34. The van der Waals surface area contributed by atoms with E-state index < -0.39 is 0 Å². The van der Waals surface area contributed by atoms with Crippen LogP contribution < -0.4 is 14.2 Å². The van der Waals surface area contributed by atoms with E-state index in [-0.39, 0.29) is 5.91 Å². The van der Waals surface area contributed by atoms with Gasteiger partial charge in [0.2, 0.25) is 5.75 Å². The van der Waals surface area contributed by atoms with Crippen molar-refractivity contribution in [3.63, 3.8) is 0 Å². The Hall–Kier alpha value is -2.19. The molecule has 0 unspecified atom stereocenters. The quantitative estimate of drug-likeness (QED) is 0.757. The summed E-state index contributed by atoms with van der Waals surface area (Å²) in [5.74, 6) is 1.33. The van der Waals surface area contributed by atoms with Crippen LogP contribution >= 0.6 is 11.8 Å². The van der Waals surface area contributed by atoms with Crippen molar-refractivity contribution in [2.45, 2.75) is 0 Å². The van der Waals surface area contributed by atoms with Gasteiger partial charge in [-0.25, -0.2) is 0 Å². The number of methoxy groups -OCH3 is 3. The van der Waals surface area contributed by atoms with Gasteiger partial charge in [0.15, 0.2) is 16.7 Å². The fourth-order valence-corrected chi connectivity index (χ4v) is 3.62. The zero-order valence-electron chi connectivity index (χ0n) is 14.4. The summed E-state index contributed by atoms with van der Waals surface area (Å²) in [5.41, 5.74) is 0.731. The van der Waals surface area contributed by atoms with Crippen molar-refractivity contribution >= 4 is 28.9 Å². The average Bonchev–Trinajstić information content (AvgIpc) is 3.02. The van der Waals surface area contributed by atoms with E-state index in [1.807, 2.05) is 6.07 Å². The van der Waals surface area contributed by atoms with E-state index in [2.05, 4.69) is 9.89 Å². The van der Waals surface area contributed by atoms with Gasteiger partial charge in [-0.2, -0.15) is 4.99 Å². The first-order valence-electron chi connectivity index (χ1n) is 7.82. The molecule has 1 aromatic rings. The highest BCUT2D eigenvalue weighted by Crippen LogP contribution is 2.42. The maximum absolute atomic E-state index is 12.3. The molecule has 0 aliphatic carbocycles. The summed E-state index contributed by atoms with van der Waals surface area (Å²) in [6.07, 6.45) is 1.77. The minimum atomic E-state index is -0.247. The highest BCUT2D eigenvalue weighted by molar-refractivity contribution is 8.18. The summed E-state index contributed by atoms with van der Waals surface area (Å²) in [6, 6.07) is 3.61. The molecular weight excluding hydrogens is 344 g/mol. The lowest BCUT2D eigenvalue weighted by Gasteiger charge is -2.27. The number of amidine groups is 1. The monoisotopic (exact) mass is 364 g/mol. The number of thioether (sulfide) groups is 1. The fourth-order valence-electron chi connectivity index (χ4n) is 2.67. The predicted molar refractivity (Wildman–Crippen MR) is 96.5 cm³/mol. The van der Waals surface area contributed by atoms with E-state index in [0.717, 1.165) is 23.8 Å². The molecule has 2 aliphatic heterocycles. The van der Waals surface area contributed by atoms with Crippen LogP contribution in [-0.4, -0.2) is 63.6 Å². The highest BCUT2D eigenvalue weighted by Gasteiger charge is 2.28. The molecule has 3 rings (SSSR count). The Morgan fingerprint density at radius 1 is 1.12 bits per heavy atom. The molecule has 0 spiro atoms. The van der Waals surface area contributed by atoms with Crippen molar-refractivity contribution in [2.24, 2.45) is 4.99 Å². The predicted octanol–water partition coefficient (Wildman–Crippen LogP) is 2.01. The van der Waals surface area contributed by atoms with Crippen LogP contribution in [-0.2, 0) is 9.53 Å². The van der Waals surface area contributed by atoms with Gasteiger partial charge in [0, 0.05) is 18.7 Å². The number of carbonyl (C=O) groups is 1. The lowest BCUT2D eigenvalue weighted by molar-refractivity contribution is -0.113. The maximum Gasteiger partial charge on any atom is 0.286 e. The molecule has 7 nitrogen and oxygen atoms in total. The summed E-state index contributed by atoms with van der Waals surface area (Å²) < 4.78 is 21.5. The van der Waals surface area contributed by atoms with Crippen LogP contribution in [0.15, 0.2) is 22.0 Å². The number of nitrogens with zero attached hydrogens (tertiary/aromatic N) is 2. The molecule has 1 saturated heterocycles. The van der Waals surface area contributed by atoms with Gasteiger partial charge in [0.25, 0.3) is 5.91 Å². The number of morpholine rings is 1. The standard InChI is InChI=1S/C17H20N2O5S/c1-21-12-5-4-11(14(22-2)15(12)23-3)10-13-16(20)18-17(25-13)19-6-8-24-9-7-19/h4-5,10H,6-9H2,1-3H3/b13-10-. The molecule has 0 bridgehead atoms. The van der Waals surface area contributed by atoms with Crippen LogP contribution in [0, 0.1) is 0 Å². The number of benzene rings is 1. The molecule has 0 saturated carbocycles. The Labute approximate surface area is 150 Å². The first kappa shape index (κ1) is 17.6. The maximum atomic E-state index is 12.3. The zero-order chi connectivity index (χ0) is 17.8. The van der Waals surface area contributed by atoms with Crippen LogP contribution in [0.2, 0.25) is 0 Å². The van der Waals surface area contributed by atoms with E-state index in [1.54, 1.807) is 33.5 Å². The summed E-state index contributed by atoms with van der Waals surface area (Å²) in [5, 5.41) is 0.721. The number of amides is 1. The van der Waals surface area contributed by atoms with Gasteiger partial charge in [-0.15, -0.1) is 0 Å². The van der Waals surface area contributed by atoms with Crippen LogP contribution in [0.4, 0.5) is 0 Å². The number of aliphatic imine (C=N–C) groups is 1. The average molecular weight is 364 g/mol. The third kappa shape index (κ3) is 3.59. The van der Waals surface area contributed by atoms with Gasteiger partial charge in [-0.05, 0) is 30.0 Å². The van der Waals surface area contributed by atoms with E-state index >= 15 is 0 Å². The highest BCUT2D eigenvalue weighted by atomic mass is 32.2. The summed E-state index contributed by atoms with van der Waals surface area (Å²) in [7, 11) is 4.67. The van der Waals surface area contributed by atoms with Crippen LogP contribution in [0.25, 0.3) is 6.08 Å². The summed E-state index contributed by atoms with van der Waals surface area (Å²) >= 11 is 1.37. The van der Waals surface area contributed by atoms with Gasteiger partial charge in [-0.3, -0.25) is 4.79 Å². The molecule has 1 fully saturated rings. The molecule has 0 atom stereocenters. The Bertz CT molecular complexity index is 726. The Kier molecular flexibility index (Phi) is 5.50. The molecule has 0 N–H and O–H groups in total. The number of hydrogen-bond acceptors (Lipinski definition) is 7. The molecule has 2 heterocycles. The normalized spacial score (nSPS) is 19.2. The van der Waals surface area contributed by atoms with Crippen molar-refractivity contribution in [1.29, 1.82) is 0 Å². The van der Waals surface area contributed by atoms with E-state index in [1.165, 1.54) is 11.8 Å². The molecular formula is C17H20N2O5S. The smallest absolute Gasteiger partial charge is 0.286 e. The lowest BCUT2D eigenvalue weighted by Crippen LogP contribution is -2.38. The minimum Gasteiger partial charge on any atom is -0.493 e. The van der Waals surface area contributed by atoms with Crippen molar-refractivity contribution in [3.05, 3.63) is 22.6 Å². The second kappa shape index (κ2) is 7.79. The van der Waals surface area contributed by atoms with Crippen molar-refractivity contribution in [2.75, 3.05) is 47.6 Å². The van der Waals surface area contributed by atoms with Crippen molar-refractivity contribution in [3.8, 4) is 17.2 Å². The largest absolute Gasteiger partial charge is 0.493 e. The van der Waals surface area contributed by atoms with Gasteiger partial charge < -0.3 is 23.8 Å². The molecule has 2 aliphatic rings. The van der Waals surface area contributed by atoms with Crippen LogP contribution in [0.5, 0.6) is 17.2 Å². The van der Waals surface area contributed by atoms with E-state index in [9.17, 15) is 4.79 Å². The molecule has 25 heavy (non-hydrogen) atoms. The number of rotatable bonds is 4. The lowest BCUT2D eigenvalue weighted by atomic mass is 10.1. The van der Waals surface area contributed by atoms with Crippen LogP contribution in [0.1, 0.15) is 5.56 Å².